The van der Waals surface area contributed by atoms with E-state index in [1.54, 1.807) is 12.4 Å². The number of pyridine rings is 1. The van der Waals surface area contributed by atoms with Crippen LogP contribution in [-0.4, -0.2) is 32.7 Å². The summed E-state index contributed by atoms with van der Waals surface area (Å²) in [6.45, 7) is 2.77. The molecule has 3 heterocycles. The van der Waals surface area contributed by atoms with Crippen molar-refractivity contribution in [3.8, 4) is 0 Å². The van der Waals surface area contributed by atoms with Crippen LogP contribution >= 0.6 is 0 Å². The van der Waals surface area contributed by atoms with Gasteiger partial charge >= 0.3 is 6.03 Å². The molecule has 1 aromatic carbocycles. The Kier molecular flexibility index (Phi) is 4.09. The third-order valence-corrected chi connectivity index (χ3v) is 4.76. The molecule has 4 rings (SSSR count). The summed E-state index contributed by atoms with van der Waals surface area (Å²) in [4.78, 5) is 19.3. The van der Waals surface area contributed by atoms with Crippen molar-refractivity contribution in [2.75, 3.05) is 11.9 Å². The summed E-state index contributed by atoms with van der Waals surface area (Å²) in [5.41, 5.74) is 3.73. The molecule has 0 radical (unpaired) electrons. The number of H-pyrrole nitrogens is 1. The molecule has 0 saturated carbocycles. The predicted molar refractivity (Wildman–Crippen MR) is 97.4 cm³/mol. The summed E-state index contributed by atoms with van der Waals surface area (Å²) in [5.74, 6) is 0. The number of aromatic amines is 1. The van der Waals surface area contributed by atoms with Gasteiger partial charge in [-0.15, -0.1) is 0 Å². The Labute approximate surface area is 146 Å². The molecule has 1 aliphatic heterocycles. The predicted octanol–water partition coefficient (Wildman–Crippen LogP) is 4.03. The molecule has 1 aliphatic rings. The number of anilines is 1. The number of aryl methyl sites for hydroxylation is 1. The Morgan fingerprint density at radius 2 is 2.28 bits per heavy atom. The van der Waals surface area contributed by atoms with Crippen molar-refractivity contribution in [2.24, 2.45) is 0 Å². The lowest BCUT2D eigenvalue weighted by atomic mass is 9.98. The van der Waals surface area contributed by atoms with Crippen LogP contribution < -0.4 is 5.32 Å². The van der Waals surface area contributed by atoms with Crippen molar-refractivity contribution in [1.82, 2.24) is 20.1 Å². The molecule has 3 aromatic rings. The largest absolute Gasteiger partial charge is 0.322 e. The number of hydrogen-bond acceptors (Lipinski definition) is 3. The average Bonchev–Trinajstić information content (AvgIpc) is 3.16. The minimum Gasteiger partial charge on any atom is -0.317 e. The fourth-order valence-corrected chi connectivity index (χ4v) is 3.59. The summed E-state index contributed by atoms with van der Waals surface area (Å²) in [5, 5.41) is 11.0. The van der Waals surface area contributed by atoms with Gasteiger partial charge in [-0.05, 0) is 49.9 Å². The van der Waals surface area contributed by atoms with E-state index >= 15 is 0 Å². The number of carbonyl (C=O) groups excluding carboxylic acids is 1. The van der Waals surface area contributed by atoms with E-state index in [-0.39, 0.29) is 12.1 Å². The van der Waals surface area contributed by atoms with Crippen molar-refractivity contribution in [3.05, 3.63) is 54.0 Å². The normalized spacial score (nSPS) is 17.6. The molecule has 6 heteroatoms. The van der Waals surface area contributed by atoms with Crippen molar-refractivity contribution in [2.45, 2.75) is 32.2 Å². The van der Waals surface area contributed by atoms with Crippen LogP contribution in [0.2, 0.25) is 0 Å². The highest BCUT2D eigenvalue weighted by atomic mass is 16.2. The van der Waals surface area contributed by atoms with Crippen LogP contribution in [0, 0.1) is 6.92 Å². The Hall–Kier alpha value is -2.89. The number of piperidine rings is 1. The van der Waals surface area contributed by atoms with Crippen molar-refractivity contribution < 1.29 is 4.79 Å². The quantitative estimate of drug-likeness (QED) is 0.742. The maximum Gasteiger partial charge on any atom is 0.322 e. The summed E-state index contributed by atoms with van der Waals surface area (Å²) >= 11 is 0. The lowest BCUT2D eigenvalue weighted by molar-refractivity contribution is 0.163. The van der Waals surface area contributed by atoms with Gasteiger partial charge < -0.3 is 10.2 Å². The molecule has 1 saturated heterocycles. The Bertz CT molecular complexity index is 890. The number of urea groups is 1. The van der Waals surface area contributed by atoms with Crippen molar-refractivity contribution >= 4 is 22.6 Å². The highest BCUT2D eigenvalue weighted by molar-refractivity contribution is 6.00. The van der Waals surface area contributed by atoms with Gasteiger partial charge in [-0.1, -0.05) is 6.07 Å². The van der Waals surface area contributed by atoms with E-state index in [0.717, 1.165) is 53.5 Å². The van der Waals surface area contributed by atoms with Crippen LogP contribution in [0.25, 0.3) is 10.9 Å². The van der Waals surface area contributed by atoms with Gasteiger partial charge in [0.2, 0.25) is 0 Å². The zero-order valence-electron chi connectivity index (χ0n) is 14.2. The number of hydrogen-bond donors (Lipinski definition) is 2. The van der Waals surface area contributed by atoms with E-state index in [2.05, 4.69) is 26.6 Å². The van der Waals surface area contributed by atoms with E-state index in [1.165, 1.54) is 0 Å². The van der Waals surface area contributed by atoms with Gasteiger partial charge in [-0.2, -0.15) is 5.10 Å². The van der Waals surface area contributed by atoms with E-state index in [4.69, 9.17) is 0 Å². The minimum absolute atomic E-state index is 0.0662. The highest BCUT2D eigenvalue weighted by Gasteiger charge is 2.29. The lowest BCUT2D eigenvalue weighted by Gasteiger charge is -2.35. The maximum atomic E-state index is 13.0. The molecular formula is C19H21N5O. The summed E-state index contributed by atoms with van der Waals surface area (Å²) < 4.78 is 0. The van der Waals surface area contributed by atoms with Crippen LogP contribution in [0.1, 0.15) is 36.4 Å². The van der Waals surface area contributed by atoms with Crippen molar-refractivity contribution in [1.29, 1.82) is 0 Å². The number of carbonyl (C=O) groups is 1. The molecule has 2 aromatic heterocycles. The second-order valence-electron chi connectivity index (χ2n) is 6.55. The minimum atomic E-state index is -0.0801. The number of nitrogens with one attached hydrogen (secondary N) is 2. The molecule has 1 fully saturated rings. The Morgan fingerprint density at radius 3 is 3.12 bits per heavy atom. The monoisotopic (exact) mass is 335 g/mol. The first kappa shape index (κ1) is 15.6. The third kappa shape index (κ3) is 3.07. The van der Waals surface area contributed by atoms with E-state index in [9.17, 15) is 4.79 Å². The summed E-state index contributed by atoms with van der Waals surface area (Å²) in [6, 6.07) is 7.96. The first-order valence-corrected chi connectivity index (χ1v) is 8.64. The summed E-state index contributed by atoms with van der Waals surface area (Å²) in [6.07, 6.45) is 8.53. The standard InChI is InChI=1S/C19H21N5O/c1-13-9-14-5-4-7-20-18(14)16(10-13)23-19(25)24-8-3-2-6-17(24)15-11-21-22-12-15/h4-5,7,9-12,17H,2-3,6,8H2,1H3,(H,21,22)(H,23,25). The highest BCUT2D eigenvalue weighted by Crippen LogP contribution is 2.31. The molecule has 0 bridgehead atoms. The number of likely N-dealkylation sites (tertiary alicyclic amines) is 1. The molecule has 128 valence electrons. The third-order valence-electron chi connectivity index (χ3n) is 4.76. The summed E-state index contributed by atoms with van der Waals surface area (Å²) in [7, 11) is 0. The average molecular weight is 335 g/mol. The zero-order chi connectivity index (χ0) is 17.2. The molecule has 0 aliphatic carbocycles. The fraction of sp³-hybridized carbons (Fsp3) is 0.316. The Morgan fingerprint density at radius 1 is 1.36 bits per heavy atom. The van der Waals surface area contributed by atoms with Crippen LogP contribution in [0.5, 0.6) is 0 Å². The van der Waals surface area contributed by atoms with Crippen LogP contribution in [0.4, 0.5) is 10.5 Å². The van der Waals surface area contributed by atoms with Crippen LogP contribution in [0.3, 0.4) is 0 Å². The lowest BCUT2D eigenvalue weighted by Crippen LogP contribution is -2.41. The second-order valence-corrected chi connectivity index (χ2v) is 6.55. The molecule has 2 N–H and O–H groups in total. The molecule has 25 heavy (non-hydrogen) atoms. The van der Waals surface area contributed by atoms with Gasteiger partial charge in [-0.3, -0.25) is 10.1 Å². The van der Waals surface area contributed by atoms with E-state index < -0.39 is 0 Å². The molecule has 1 atom stereocenters. The van der Waals surface area contributed by atoms with Gasteiger partial charge in [0.1, 0.15) is 0 Å². The SMILES string of the molecule is Cc1cc(NC(=O)N2CCCCC2c2cn[nH]c2)c2ncccc2c1. The fourth-order valence-electron chi connectivity index (χ4n) is 3.59. The number of aromatic nitrogens is 3. The first-order chi connectivity index (χ1) is 12.2. The maximum absolute atomic E-state index is 13.0. The first-order valence-electron chi connectivity index (χ1n) is 8.64. The Balaban J connectivity index is 1.63. The molecule has 6 nitrogen and oxygen atoms in total. The number of amides is 2. The van der Waals surface area contributed by atoms with Crippen LogP contribution in [-0.2, 0) is 0 Å². The van der Waals surface area contributed by atoms with Gasteiger partial charge in [0.25, 0.3) is 0 Å². The smallest absolute Gasteiger partial charge is 0.317 e. The molecule has 2 amide bonds. The number of nitrogens with zero attached hydrogens (tertiary/aromatic N) is 3. The van der Waals surface area contributed by atoms with Crippen LogP contribution in [0.15, 0.2) is 42.9 Å². The van der Waals surface area contributed by atoms with E-state index in [0.29, 0.717) is 0 Å². The second kappa shape index (κ2) is 6.55. The number of benzene rings is 1. The van der Waals surface area contributed by atoms with Gasteiger partial charge in [0, 0.05) is 29.9 Å². The molecular weight excluding hydrogens is 314 g/mol. The van der Waals surface area contributed by atoms with Gasteiger partial charge in [-0.25, -0.2) is 4.79 Å². The van der Waals surface area contributed by atoms with Gasteiger partial charge in [0.05, 0.1) is 23.4 Å². The molecule has 0 spiro atoms. The van der Waals surface area contributed by atoms with E-state index in [1.807, 2.05) is 36.2 Å². The molecule has 1 unspecified atom stereocenters. The topological polar surface area (TPSA) is 73.9 Å². The van der Waals surface area contributed by atoms with Gasteiger partial charge in [0.15, 0.2) is 0 Å². The van der Waals surface area contributed by atoms with Crippen molar-refractivity contribution in [3.63, 3.8) is 0 Å². The number of rotatable bonds is 2. The number of fused-ring (bicyclic) bond motifs is 1. The zero-order valence-corrected chi connectivity index (χ0v) is 14.2.